The van der Waals surface area contributed by atoms with E-state index >= 15 is 0 Å². The molecule has 0 spiro atoms. The molecule has 40 heavy (non-hydrogen) atoms. The Morgan fingerprint density at radius 1 is 1.20 bits per heavy atom. The number of aromatic nitrogens is 2. The summed E-state index contributed by atoms with van der Waals surface area (Å²) in [6.45, 7) is 8.46. The molecule has 0 bridgehead atoms. The van der Waals surface area contributed by atoms with Crippen LogP contribution in [0.4, 0.5) is 28.8 Å². The summed E-state index contributed by atoms with van der Waals surface area (Å²) in [5.41, 5.74) is 1.58. The Morgan fingerprint density at radius 3 is 2.65 bits per heavy atom. The second-order valence-corrected chi connectivity index (χ2v) is 13.4. The molecule has 0 radical (unpaired) electrons. The largest absolute Gasteiger partial charge is 0.494 e. The fourth-order valence-corrected chi connectivity index (χ4v) is 5.71. The number of halogens is 1. The minimum Gasteiger partial charge on any atom is -0.494 e. The van der Waals surface area contributed by atoms with Crippen LogP contribution in [-0.2, 0) is 9.36 Å². The van der Waals surface area contributed by atoms with Gasteiger partial charge in [0.05, 0.1) is 30.4 Å². The Hall–Kier alpha value is -3.59. The number of nitrogens with one attached hydrogen (secondary N) is 3. The fourth-order valence-electron chi connectivity index (χ4n) is 4.42. The standard InChI is InChI=1S/C28H34ClN6O4P/c1-6-26(36)31-22-14-21(23(38-3)15-24(22)39-17-18-10-9-13-35(18)2)33-28-30-16-19(29)27(34-28)32-20-11-7-8-12-25(20)40(4,5)37/h6-8,11-12,14-16,18H,1,9-10,13,17H2,2-5H3,(H,31,36)(H2,30,32,33,34). The summed E-state index contributed by atoms with van der Waals surface area (Å²) in [5, 5.41) is 10.1. The van der Waals surface area contributed by atoms with Gasteiger partial charge in [0.1, 0.15) is 30.3 Å². The van der Waals surface area contributed by atoms with Crippen molar-refractivity contribution in [3.05, 3.63) is 60.3 Å². The molecule has 1 aromatic heterocycles. The Labute approximate surface area is 239 Å². The van der Waals surface area contributed by atoms with E-state index in [9.17, 15) is 9.36 Å². The van der Waals surface area contributed by atoms with Crippen molar-refractivity contribution >= 4 is 58.8 Å². The lowest BCUT2D eigenvalue weighted by atomic mass is 10.2. The van der Waals surface area contributed by atoms with Gasteiger partial charge in [-0.15, -0.1) is 0 Å². The van der Waals surface area contributed by atoms with Crippen LogP contribution >= 0.6 is 18.7 Å². The van der Waals surface area contributed by atoms with Crippen LogP contribution in [0.15, 0.2) is 55.3 Å². The Kier molecular flexibility index (Phi) is 9.35. The van der Waals surface area contributed by atoms with E-state index in [0.717, 1.165) is 19.4 Å². The predicted octanol–water partition coefficient (Wildman–Crippen LogP) is 5.47. The number of methoxy groups -OCH3 is 1. The Morgan fingerprint density at radius 2 is 1.98 bits per heavy atom. The summed E-state index contributed by atoms with van der Waals surface area (Å²) in [5.74, 6) is 1.11. The van der Waals surface area contributed by atoms with Gasteiger partial charge in [-0.2, -0.15) is 4.98 Å². The van der Waals surface area contributed by atoms with Crippen molar-refractivity contribution in [3.8, 4) is 11.5 Å². The summed E-state index contributed by atoms with van der Waals surface area (Å²) in [6, 6.07) is 11.0. The van der Waals surface area contributed by atoms with Crippen LogP contribution in [0.5, 0.6) is 11.5 Å². The summed E-state index contributed by atoms with van der Waals surface area (Å²) >= 11 is 6.41. The maximum absolute atomic E-state index is 12.8. The third kappa shape index (κ3) is 7.13. The maximum Gasteiger partial charge on any atom is 0.247 e. The number of anilines is 5. The smallest absolute Gasteiger partial charge is 0.247 e. The SMILES string of the molecule is C=CC(=O)Nc1cc(Nc2ncc(Cl)c(Nc3ccccc3P(C)(C)=O)n2)c(OC)cc1OCC1CCCN1C. The zero-order valence-corrected chi connectivity index (χ0v) is 24.7. The molecular weight excluding hydrogens is 551 g/mol. The highest BCUT2D eigenvalue weighted by Crippen LogP contribution is 2.40. The second-order valence-electron chi connectivity index (χ2n) is 9.84. The van der Waals surface area contributed by atoms with Gasteiger partial charge in [0.2, 0.25) is 11.9 Å². The van der Waals surface area contributed by atoms with E-state index in [2.05, 4.69) is 44.4 Å². The van der Waals surface area contributed by atoms with Crippen molar-refractivity contribution < 1.29 is 18.8 Å². The molecule has 1 unspecified atom stereocenters. The predicted molar refractivity (Wildman–Crippen MR) is 162 cm³/mol. The number of likely N-dealkylation sites (N-methyl/N-ethyl adjacent to an activating group) is 1. The average Bonchev–Trinajstić information content (AvgIpc) is 3.34. The van der Waals surface area contributed by atoms with Crippen LogP contribution in [0.1, 0.15) is 12.8 Å². The van der Waals surface area contributed by atoms with Crippen LogP contribution in [0.25, 0.3) is 0 Å². The first kappa shape index (κ1) is 29.4. The van der Waals surface area contributed by atoms with Gasteiger partial charge in [0.15, 0.2) is 5.82 Å². The molecule has 1 saturated heterocycles. The van der Waals surface area contributed by atoms with Crippen molar-refractivity contribution in [2.24, 2.45) is 0 Å². The van der Waals surface area contributed by atoms with Crippen LogP contribution < -0.4 is 30.7 Å². The highest BCUT2D eigenvalue weighted by atomic mass is 35.5. The molecule has 1 fully saturated rings. The van der Waals surface area contributed by atoms with E-state index < -0.39 is 7.14 Å². The van der Waals surface area contributed by atoms with Crippen molar-refractivity contribution in [1.82, 2.24) is 14.9 Å². The molecule has 3 N–H and O–H groups in total. The molecule has 3 aromatic rings. The molecule has 1 aliphatic rings. The monoisotopic (exact) mass is 584 g/mol. The molecule has 1 aliphatic heterocycles. The van der Waals surface area contributed by atoms with E-state index in [1.165, 1.54) is 19.4 Å². The lowest BCUT2D eigenvalue weighted by Gasteiger charge is -2.22. The summed E-state index contributed by atoms with van der Waals surface area (Å²) in [7, 11) is 1.05. The number of carbonyl (C=O) groups excluding carboxylic acids is 1. The van der Waals surface area contributed by atoms with Crippen LogP contribution in [-0.4, -0.2) is 67.5 Å². The maximum atomic E-state index is 12.8. The van der Waals surface area contributed by atoms with E-state index in [1.54, 1.807) is 25.5 Å². The van der Waals surface area contributed by atoms with Crippen molar-refractivity contribution in [3.63, 3.8) is 0 Å². The zero-order valence-electron chi connectivity index (χ0n) is 23.0. The van der Waals surface area contributed by atoms with E-state index in [1.807, 2.05) is 24.3 Å². The number of rotatable bonds is 11. The number of hydrogen-bond donors (Lipinski definition) is 3. The average molecular weight is 585 g/mol. The lowest BCUT2D eigenvalue weighted by Crippen LogP contribution is -2.30. The van der Waals surface area contributed by atoms with E-state index in [0.29, 0.717) is 52.3 Å². The molecule has 0 saturated carbocycles. The second kappa shape index (κ2) is 12.7. The summed E-state index contributed by atoms with van der Waals surface area (Å²) < 4.78 is 24.6. The molecule has 1 amide bonds. The first-order chi connectivity index (χ1) is 19.1. The third-order valence-electron chi connectivity index (χ3n) is 6.58. The van der Waals surface area contributed by atoms with Crippen LogP contribution in [0, 0.1) is 0 Å². The molecule has 2 heterocycles. The highest BCUT2D eigenvalue weighted by molar-refractivity contribution is 7.70. The van der Waals surface area contributed by atoms with Crippen LogP contribution in [0.2, 0.25) is 5.02 Å². The number of amides is 1. The number of hydrogen-bond acceptors (Lipinski definition) is 9. The van der Waals surface area contributed by atoms with Gasteiger partial charge in [0.25, 0.3) is 0 Å². The Balaban J connectivity index is 1.63. The Bertz CT molecular complexity index is 1450. The van der Waals surface area contributed by atoms with Gasteiger partial charge in [-0.05, 0) is 64.0 Å². The molecule has 212 valence electrons. The normalized spacial score (nSPS) is 15.4. The van der Waals surface area contributed by atoms with Gasteiger partial charge in [0, 0.05) is 17.4 Å². The quantitative estimate of drug-likeness (QED) is 0.199. The number of benzene rings is 2. The lowest BCUT2D eigenvalue weighted by molar-refractivity contribution is -0.111. The summed E-state index contributed by atoms with van der Waals surface area (Å²) in [6.07, 6.45) is 4.82. The van der Waals surface area contributed by atoms with Gasteiger partial charge in [-0.3, -0.25) is 4.79 Å². The van der Waals surface area contributed by atoms with Crippen molar-refractivity contribution in [2.75, 3.05) is 56.6 Å². The number of ether oxygens (including phenoxy) is 2. The molecule has 10 nitrogen and oxygen atoms in total. The minimum absolute atomic E-state index is 0.223. The number of nitrogens with zero attached hydrogens (tertiary/aromatic N) is 3. The van der Waals surface area contributed by atoms with Crippen LogP contribution in [0.3, 0.4) is 0 Å². The molecule has 2 aromatic carbocycles. The van der Waals surface area contributed by atoms with Gasteiger partial charge in [-0.25, -0.2) is 4.98 Å². The number of likely N-dealkylation sites (tertiary alicyclic amines) is 1. The summed E-state index contributed by atoms with van der Waals surface area (Å²) in [4.78, 5) is 23.3. The zero-order chi connectivity index (χ0) is 28.9. The van der Waals surface area contributed by atoms with Crippen molar-refractivity contribution in [1.29, 1.82) is 0 Å². The number of carbonyl (C=O) groups is 1. The topological polar surface area (TPSA) is 118 Å². The van der Waals surface area contributed by atoms with E-state index in [4.69, 9.17) is 21.1 Å². The molecule has 0 aliphatic carbocycles. The van der Waals surface area contributed by atoms with Gasteiger partial charge in [-0.1, -0.05) is 30.3 Å². The fraction of sp³-hybridized carbons (Fsp3) is 0.321. The number of para-hydroxylation sites is 1. The molecule has 1 atom stereocenters. The molecule has 12 heteroatoms. The molecule has 4 rings (SSSR count). The molecular formula is C28H34ClN6O4P. The minimum atomic E-state index is -2.56. The highest BCUT2D eigenvalue weighted by Gasteiger charge is 2.23. The van der Waals surface area contributed by atoms with Gasteiger partial charge < -0.3 is 34.9 Å². The van der Waals surface area contributed by atoms with E-state index in [-0.39, 0.29) is 16.9 Å². The first-order valence-electron chi connectivity index (χ1n) is 12.8. The van der Waals surface area contributed by atoms with Gasteiger partial charge >= 0.3 is 0 Å². The van der Waals surface area contributed by atoms with Crippen molar-refractivity contribution in [2.45, 2.75) is 18.9 Å². The first-order valence-corrected chi connectivity index (χ1v) is 15.8. The third-order valence-corrected chi connectivity index (χ3v) is 8.40.